The number of nitrogen functional groups attached to an aromatic ring is 1. The molecule has 1 aliphatic heterocycles. The molecule has 2 heterocycles. The molecule has 1 aromatic carbocycles. The summed E-state index contributed by atoms with van der Waals surface area (Å²) in [7, 11) is 0. The second-order valence-corrected chi connectivity index (χ2v) is 4.99. The number of nitrogens with two attached hydrogens (primary N) is 1. The van der Waals surface area contributed by atoms with Crippen molar-refractivity contribution in [2.75, 3.05) is 12.3 Å². The summed E-state index contributed by atoms with van der Waals surface area (Å²) >= 11 is 0. The van der Waals surface area contributed by atoms with Crippen LogP contribution in [0.25, 0.3) is 11.4 Å². The van der Waals surface area contributed by atoms with E-state index in [-0.39, 0.29) is 12.1 Å². The minimum Gasteiger partial charge on any atom is -0.378 e. The van der Waals surface area contributed by atoms with E-state index in [2.05, 4.69) is 15.0 Å². The lowest BCUT2D eigenvalue weighted by Gasteiger charge is -2.21. The van der Waals surface area contributed by atoms with Crippen molar-refractivity contribution in [2.24, 2.45) is 0 Å². The highest BCUT2D eigenvalue weighted by atomic mass is 16.5. The normalized spacial score (nSPS) is 18.9. The third-order valence-corrected chi connectivity index (χ3v) is 3.42. The van der Waals surface area contributed by atoms with Gasteiger partial charge >= 0.3 is 0 Å². The number of rotatable bonds is 3. The molecule has 1 aliphatic rings. The van der Waals surface area contributed by atoms with Crippen LogP contribution in [0.5, 0.6) is 0 Å². The lowest BCUT2D eigenvalue weighted by atomic mass is 10.1. The van der Waals surface area contributed by atoms with Gasteiger partial charge in [0.05, 0.1) is 6.10 Å². The summed E-state index contributed by atoms with van der Waals surface area (Å²) in [4.78, 5) is 13.0. The van der Waals surface area contributed by atoms with Crippen LogP contribution in [-0.4, -0.2) is 27.7 Å². The first-order valence-electron chi connectivity index (χ1n) is 6.99. The Balaban J connectivity index is 1.83. The van der Waals surface area contributed by atoms with Crippen molar-refractivity contribution in [2.45, 2.75) is 31.8 Å². The zero-order valence-corrected chi connectivity index (χ0v) is 11.3. The number of hydrogen-bond acceptors (Lipinski definition) is 5. The highest BCUT2D eigenvalue weighted by molar-refractivity contribution is 5.55. The van der Waals surface area contributed by atoms with E-state index in [0.29, 0.717) is 18.1 Å². The zero-order valence-electron chi connectivity index (χ0n) is 11.3. The highest BCUT2D eigenvalue weighted by Gasteiger charge is 2.17. The smallest absolute Gasteiger partial charge is 0.223 e. The summed E-state index contributed by atoms with van der Waals surface area (Å²) in [5, 5.41) is 0. The van der Waals surface area contributed by atoms with Crippen LogP contribution >= 0.6 is 0 Å². The SMILES string of the molecule is Nc1nc(CC2CCCCO2)nc(-c2ccccc2)n1. The number of anilines is 1. The van der Waals surface area contributed by atoms with Gasteiger partial charge in [-0.3, -0.25) is 0 Å². The van der Waals surface area contributed by atoms with E-state index in [9.17, 15) is 0 Å². The van der Waals surface area contributed by atoms with Crippen molar-refractivity contribution < 1.29 is 4.74 Å². The number of hydrogen-bond donors (Lipinski definition) is 1. The molecule has 5 nitrogen and oxygen atoms in total. The second kappa shape index (κ2) is 5.96. The van der Waals surface area contributed by atoms with Crippen LogP contribution in [0, 0.1) is 0 Å². The van der Waals surface area contributed by atoms with E-state index >= 15 is 0 Å². The van der Waals surface area contributed by atoms with Gasteiger partial charge in [0.2, 0.25) is 5.95 Å². The van der Waals surface area contributed by atoms with E-state index in [0.717, 1.165) is 25.0 Å². The molecule has 1 aromatic heterocycles. The average molecular weight is 270 g/mol. The van der Waals surface area contributed by atoms with Crippen LogP contribution in [0.3, 0.4) is 0 Å². The minimum atomic E-state index is 0.203. The molecule has 1 saturated heterocycles. The van der Waals surface area contributed by atoms with Gasteiger partial charge in [0, 0.05) is 18.6 Å². The van der Waals surface area contributed by atoms with Crippen molar-refractivity contribution in [3.8, 4) is 11.4 Å². The number of nitrogens with zero attached hydrogens (tertiary/aromatic N) is 3. The van der Waals surface area contributed by atoms with E-state index in [1.807, 2.05) is 30.3 Å². The molecular weight excluding hydrogens is 252 g/mol. The van der Waals surface area contributed by atoms with Gasteiger partial charge in [-0.15, -0.1) is 0 Å². The average Bonchev–Trinajstić information content (AvgIpc) is 2.49. The lowest BCUT2D eigenvalue weighted by Crippen LogP contribution is -2.23. The highest BCUT2D eigenvalue weighted by Crippen LogP contribution is 2.18. The quantitative estimate of drug-likeness (QED) is 0.925. The number of benzene rings is 1. The maximum Gasteiger partial charge on any atom is 0.223 e. The van der Waals surface area contributed by atoms with Gasteiger partial charge in [0.1, 0.15) is 5.82 Å². The molecule has 0 saturated carbocycles. The molecule has 0 amide bonds. The fourth-order valence-electron chi connectivity index (χ4n) is 2.42. The van der Waals surface area contributed by atoms with Crippen molar-refractivity contribution in [3.63, 3.8) is 0 Å². The fourth-order valence-corrected chi connectivity index (χ4v) is 2.42. The van der Waals surface area contributed by atoms with Gasteiger partial charge in [0.15, 0.2) is 5.82 Å². The van der Waals surface area contributed by atoms with E-state index in [1.54, 1.807) is 0 Å². The van der Waals surface area contributed by atoms with Crippen LogP contribution in [0.15, 0.2) is 30.3 Å². The fraction of sp³-hybridized carbons (Fsp3) is 0.400. The van der Waals surface area contributed by atoms with Crippen LogP contribution in [0.1, 0.15) is 25.1 Å². The topological polar surface area (TPSA) is 73.9 Å². The third-order valence-electron chi connectivity index (χ3n) is 3.42. The molecule has 0 radical (unpaired) electrons. The van der Waals surface area contributed by atoms with Gasteiger partial charge in [-0.2, -0.15) is 9.97 Å². The Kier molecular flexibility index (Phi) is 3.87. The van der Waals surface area contributed by atoms with Crippen molar-refractivity contribution in [3.05, 3.63) is 36.2 Å². The third kappa shape index (κ3) is 3.11. The second-order valence-electron chi connectivity index (χ2n) is 4.99. The molecule has 2 N–H and O–H groups in total. The summed E-state index contributed by atoms with van der Waals surface area (Å²) in [5.41, 5.74) is 6.75. The molecule has 1 unspecified atom stereocenters. The van der Waals surface area contributed by atoms with Crippen molar-refractivity contribution >= 4 is 5.95 Å². The minimum absolute atomic E-state index is 0.203. The molecule has 3 rings (SSSR count). The maximum absolute atomic E-state index is 5.80. The number of ether oxygens (including phenoxy) is 1. The predicted molar refractivity (Wildman–Crippen MR) is 77.0 cm³/mol. The Morgan fingerprint density at radius 3 is 2.70 bits per heavy atom. The van der Waals surface area contributed by atoms with Gasteiger partial charge < -0.3 is 10.5 Å². The number of aromatic nitrogens is 3. The summed E-state index contributed by atoms with van der Waals surface area (Å²) in [5.74, 6) is 1.61. The Morgan fingerprint density at radius 2 is 1.95 bits per heavy atom. The summed E-state index contributed by atoms with van der Waals surface area (Å²) in [6.07, 6.45) is 4.31. The van der Waals surface area contributed by atoms with Crippen LogP contribution in [0.2, 0.25) is 0 Å². The van der Waals surface area contributed by atoms with Gasteiger partial charge in [0.25, 0.3) is 0 Å². The first-order valence-corrected chi connectivity index (χ1v) is 6.99. The zero-order chi connectivity index (χ0) is 13.8. The van der Waals surface area contributed by atoms with Gasteiger partial charge in [-0.05, 0) is 19.3 Å². The maximum atomic E-state index is 5.80. The van der Waals surface area contributed by atoms with Crippen molar-refractivity contribution in [1.29, 1.82) is 0 Å². The first kappa shape index (κ1) is 13.0. The van der Waals surface area contributed by atoms with Crippen LogP contribution in [0.4, 0.5) is 5.95 Å². The summed E-state index contributed by atoms with van der Waals surface area (Å²) < 4.78 is 5.73. The van der Waals surface area contributed by atoms with Crippen LogP contribution in [-0.2, 0) is 11.2 Å². The van der Waals surface area contributed by atoms with Gasteiger partial charge in [-0.25, -0.2) is 4.98 Å². The molecule has 0 aliphatic carbocycles. The Labute approximate surface area is 118 Å². The molecule has 5 heteroatoms. The van der Waals surface area contributed by atoms with Crippen LogP contribution < -0.4 is 5.73 Å². The Bertz CT molecular complexity index is 567. The summed E-state index contributed by atoms with van der Waals surface area (Å²) in [6, 6.07) is 9.81. The molecule has 20 heavy (non-hydrogen) atoms. The molecule has 104 valence electrons. The Morgan fingerprint density at radius 1 is 1.10 bits per heavy atom. The van der Waals surface area contributed by atoms with Gasteiger partial charge in [-0.1, -0.05) is 30.3 Å². The lowest BCUT2D eigenvalue weighted by molar-refractivity contribution is 0.0156. The van der Waals surface area contributed by atoms with E-state index < -0.39 is 0 Å². The van der Waals surface area contributed by atoms with E-state index in [4.69, 9.17) is 10.5 Å². The standard InChI is InChI=1S/C15H18N4O/c16-15-18-13(10-12-8-4-5-9-20-12)17-14(19-15)11-6-2-1-3-7-11/h1-3,6-7,12H,4-5,8-10H2,(H2,16,17,18,19). The Hall–Kier alpha value is -2.01. The molecule has 1 fully saturated rings. The summed E-state index contributed by atoms with van der Waals surface area (Å²) in [6.45, 7) is 0.830. The van der Waals surface area contributed by atoms with E-state index in [1.165, 1.54) is 6.42 Å². The molecule has 0 bridgehead atoms. The largest absolute Gasteiger partial charge is 0.378 e. The molecule has 2 aromatic rings. The monoisotopic (exact) mass is 270 g/mol. The van der Waals surface area contributed by atoms with Crippen molar-refractivity contribution in [1.82, 2.24) is 15.0 Å². The molecule has 1 atom stereocenters. The molecule has 0 spiro atoms. The first-order chi connectivity index (χ1) is 9.81. The molecular formula is C15H18N4O. The predicted octanol–water partition coefficient (Wildman–Crippen LogP) is 2.23.